The lowest BCUT2D eigenvalue weighted by atomic mass is 9.94. The number of carboxylic acid groups (broad SMARTS) is 1. The quantitative estimate of drug-likeness (QED) is 0.839. The van der Waals surface area contributed by atoms with Crippen LogP contribution in [-0.4, -0.2) is 24.2 Å². The van der Waals surface area contributed by atoms with E-state index in [1.54, 1.807) is 11.3 Å². The number of rotatable bonds is 2. The van der Waals surface area contributed by atoms with Crippen LogP contribution >= 0.6 is 22.9 Å². The number of thiophene rings is 1. The van der Waals surface area contributed by atoms with E-state index in [2.05, 4.69) is 5.32 Å². The second-order valence-electron chi connectivity index (χ2n) is 3.81. The van der Waals surface area contributed by atoms with E-state index in [0.29, 0.717) is 13.1 Å². The molecule has 1 saturated heterocycles. The molecular weight excluding hydrogens is 234 g/mol. The lowest BCUT2D eigenvalue weighted by Gasteiger charge is -2.13. The summed E-state index contributed by atoms with van der Waals surface area (Å²) in [5.74, 6) is -1.07. The van der Waals surface area contributed by atoms with Crippen LogP contribution in [0.15, 0.2) is 5.38 Å². The van der Waals surface area contributed by atoms with E-state index in [9.17, 15) is 4.79 Å². The number of hydrogen-bond donors (Lipinski definition) is 2. The summed E-state index contributed by atoms with van der Waals surface area (Å²) < 4.78 is 0. The monoisotopic (exact) mass is 245 g/mol. The second-order valence-corrected chi connectivity index (χ2v) is 5.10. The summed E-state index contributed by atoms with van der Waals surface area (Å²) in [6.45, 7) is 3.18. The highest BCUT2D eigenvalue weighted by Gasteiger charge is 2.36. The molecule has 2 heterocycles. The van der Waals surface area contributed by atoms with Crippen molar-refractivity contribution in [1.29, 1.82) is 0 Å². The molecule has 1 fully saturated rings. The molecule has 0 amide bonds. The van der Waals surface area contributed by atoms with E-state index in [1.807, 2.05) is 12.3 Å². The summed E-state index contributed by atoms with van der Waals surface area (Å²) in [5, 5.41) is 14.9. The van der Waals surface area contributed by atoms with E-state index < -0.39 is 5.97 Å². The average Bonchev–Trinajstić information content (AvgIpc) is 2.75. The van der Waals surface area contributed by atoms with Gasteiger partial charge in [0.15, 0.2) is 0 Å². The molecule has 5 heteroatoms. The van der Waals surface area contributed by atoms with Crippen molar-refractivity contribution >= 4 is 28.9 Å². The minimum atomic E-state index is -0.743. The van der Waals surface area contributed by atoms with Gasteiger partial charge in [0.2, 0.25) is 0 Å². The first kappa shape index (κ1) is 10.9. The number of carbonyl (C=O) groups is 1. The lowest BCUT2D eigenvalue weighted by Crippen LogP contribution is -2.20. The molecule has 2 N–H and O–H groups in total. The molecule has 0 spiro atoms. The number of hydrogen-bond acceptors (Lipinski definition) is 3. The first-order valence-corrected chi connectivity index (χ1v) is 6.04. The van der Waals surface area contributed by atoms with Gasteiger partial charge >= 0.3 is 5.97 Å². The molecular formula is C10H12ClNO2S. The lowest BCUT2D eigenvalue weighted by molar-refractivity contribution is -0.141. The summed E-state index contributed by atoms with van der Waals surface area (Å²) in [5.41, 5.74) is 1.03. The molecule has 1 aromatic heterocycles. The standard InChI is InChI=1S/C10H12ClNO2S/c1-5-4-15-9(8(5)11)6-2-12-3-7(6)10(13)14/h4,6-7,12H,2-3H2,1H3,(H,13,14). The summed E-state index contributed by atoms with van der Waals surface area (Å²) in [4.78, 5) is 12.0. The largest absolute Gasteiger partial charge is 0.481 e. The number of aliphatic carboxylic acids is 1. The Morgan fingerprint density at radius 1 is 1.67 bits per heavy atom. The molecule has 0 bridgehead atoms. The van der Waals surface area contributed by atoms with Crippen LogP contribution in [0.1, 0.15) is 16.4 Å². The van der Waals surface area contributed by atoms with Crippen molar-refractivity contribution in [2.45, 2.75) is 12.8 Å². The minimum Gasteiger partial charge on any atom is -0.481 e. The van der Waals surface area contributed by atoms with Crippen LogP contribution in [0.3, 0.4) is 0 Å². The van der Waals surface area contributed by atoms with E-state index >= 15 is 0 Å². The fourth-order valence-electron chi connectivity index (χ4n) is 1.91. The molecule has 0 saturated carbocycles. The molecule has 1 aliphatic heterocycles. The zero-order valence-electron chi connectivity index (χ0n) is 8.29. The number of aryl methyl sites for hydroxylation is 1. The molecule has 0 aliphatic carbocycles. The SMILES string of the molecule is Cc1csc(C2CNCC2C(=O)O)c1Cl. The number of nitrogens with one attached hydrogen (secondary N) is 1. The molecule has 15 heavy (non-hydrogen) atoms. The molecule has 3 nitrogen and oxygen atoms in total. The average molecular weight is 246 g/mol. The fraction of sp³-hybridized carbons (Fsp3) is 0.500. The molecule has 82 valence electrons. The summed E-state index contributed by atoms with van der Waals surface area (Å²) in [6.07, 6.45) is 0. The Hall–Kier alpha value is -0.580. The van der Waals surface area contributed by atoms with Gasteiger partial charge in [-0.15, -0.1) is 11.3 Å². The van der Waals surface area contributed by atoms with Gasteiger partial charge in [-0.2, -0.15) is 0 Å². The Morgan fingerprint density at radius 3 is 2.93 bits per heavy atom. The molecule has 0 aromatic carbocycles. The van der Waals surface area contributed by atoms with Crippen LogP contribution in [0, 0.1) is 12.8 Å². The highest BCUT2D eigenvalue weighted by molar-refractivity contribution is 7.10. The highest BCUT2D eigenvalue weighted by Crippen LogP contribution is 2.38. The van der Waals surface area contributed by atoms with Crippen molar-refractivity contribution in [3.8, 4) is 0 Å². The maximum absolute atomic E-state index is 11.0. The van der Waals surface area contributed by atoms with Crippen molar-refractivity contribution in [2.24, 2.45) is 5.92 Å². The highest BCUT2D eigenvalue weighted by atomic mass is 35.5. The summed E-state index contributed by atoms with van der Waals surface area (Å²) >= 11 is 7.71. The van der Waals surface area contributed by atoms with E-state index in [-0.39, 0.29) is 11.8 Å². The third kappa shape index (κ3) is 1.89. The van der Waals surface area contributed by atoms with Gasteiger partial charge in [0, 0.05) is 23.9 Å². The van der Waals surface area contributed by atoms with Crippen LogP contribution in [0.25, 0.3) is 0 Å². The second kappa shape index (κ2) is 4.12. The zero-order chi connectivity index (χ0) is 11.0. The third-order valence-corrected chi connectivity index (χ3v) is 4.64. The van der Waals surface area contributed by atoms with Gasteiger partial charge in [0.05, 0.1) is 10.9 Å². The van der Waals surface area contributed by atoms with Crippen LogP contribution < -0.4 is 5.32 Å². The van der Waals surface area contributed by atoms with Crippen LogP contribution in [0.4, 0.5) is 0 Å². The molecule has 0 radical (unpaired) electrons. The fourth-order valence-corrected chi connectivity index (χ4v) is 3.42. The number of halogens is 1. The summed E-state index contributed by atoms with van der Waals surface area (Å²) in [7, 11) is 0. The van der Waals surface area contributed by atoms with Gasteiger partial charge in [0.1, 0.15) is 0 Å². The Bertz CT molecular complexity index is 391. The van der Waals surface area contributed by atoms with Crippen LogP contribution in [0.5, 0.6) is 0 Å². The molecule has 2 rings (SSSR count). The van der Waals surface area contributed by atoms with Gasteiger partial charge in [-0.05, 0) is 17.9 Å². The van der Waals surface area contributed by atoms with Gasteiger partial charge in [-0.1, -0.05) is 11.6 Å². The van der Waals surface area contributed by atoms with Crippen LogP contribution in [-0.2, 0) is 4.79 Å². The number of carboxylic acids is 1. The van der Waals surface area contributed by atoms with Crippen LogP contribution in [0.2, 0.25) is 5.02 Å². The first-order chi connectivity index (χ1) is 7.11. The molecule has 1 aliphatic rings. The van der Waals surface area contributed by atoms with Gasteiger partial charge in [-0.3, -0.25) is 4.79 Å². The maximum atomic E-state index is 11.0. The Balaban J connectivity index is 2.30. The Morgan fingerprint density at radius 2 is 2.40 bits per heavy atom. The van der Waals surface area contributed by atoms with E-state index in [4.69, 9.17) is 16.7 Å². The maximum Gasteiger partial charge on any atom is 0.308 e. The predicted octanol–water partition coefficient (Wildman–Crippen LogP) is 2.10. The molecule has 2 atom stereocenters. The van der Waals surface area contributed by atoms with Crippen molar-refractivity contribution in [1.82, 2.24) is 5.32 Å². The Labute approximate surface area is 97.1 Å². The van der Waals surface area contributed by atoms with E-state index in [0.717, 1.165) is 15.5 Å². The zero-order valence-corrected chi connectivity index (χ0v) is 9.86. The van der Waals surface area contributed by atoms with Gasteiger partial charge in [0.25, 0.3) is 0 Å². The smallest absolute Gasteiger partial charge is 0.308 e. The third-order valence-electron chi connectivity index (χ3n) is 2.79. The normalized spacial score (nSPS) is 25.7. The molecule has 2 unspecified atom stereocenters. The van der Waals surface area contributed by atoms with Crippen molar-refractivity contribution in [3.63, 3.8) is 0 Å². The van der Waals surface area contributed by atoms with Gasteiger partial charge in [-0.25, -0.2) is 0 Å². The van der Waals surface area contributed by atoms with Gasteiger partial charge < -0.3 is 10.4 Å². The first-order valence-electron chi connectivity index (χ1n) is 4.78. The van der Waals surface area contributed by atoms with Crippen molar-refractivity contribution in [3.05, 3.63) is 20.8 Å². The minimum absolute atomic E-state index is 0.0219. The Kier molecular flexibility index (Phi) is 3.00. The predicted molar refractivity (Wildman–Crippen MR) is 60.8 cm³/mol. The molecule has 1 aromatic rings. The van der Waals surface area contributed by atoms with E-state index in [1.165, 1.54) is 0 Å². The summed E-state index contributed by atoms with van der Waals surface area (Å²) in [6, 6.07) is 0. The topological polar surface area (TPSA) is 49.3 Å². The van der Waals surface area contributed by atoms with Crippen molar-refractivity contribution < 1.29 is 9.90 Å². The van der Waals surface area contributed by atoms with Crippen molar-refractivity contribution in [2.75, 3.05) is 13.1 Å².